The second-order valence-electron chi connectivity index (χ2n) is 0.953. The Morgan fingerprint density at radius 2 is 2.29 bits per heavy atom. The van der Waals surface area contributed by atoms with E-state index in [-0.39, 0.29) is 18.9 Å². The van der Waals surface area contributed by atoms with Crippen LogP contribution in [0.3, 0.4) is 0 Å². The van der Waals surface area contributed by atoms with Crippen molar-refractivity contribution in [1.29, 1.82) is 0 Å². The molecule has 0 aromatic carbocycles. The first kappa shape index (κ1) is 6.66. The maximum absolute atomic E-state index is 3.73. The summed E-state index contributed by atoms with van der Waals surface area (Å²) in [7, 11) is 0. The zero-order valence-electron chi connectivity index (χ0n) is 4.26. The zero-order chi connectivity index (χ0) is 4.24. The van der Waals surface area contributed by atoms with Gasteiger partial charge in [0.15, 0.2) is 0 Å². The van der Waals surface area contributed by atoms with Gasteiger partial charge in [-0.25, -0.2) is 0 Å². The molecule has 0 radical (unpaired) electrons. The largest absolute Gasteiger partial charge is 1.00 e. The van der Waals surface area contributed by atoms with E-state index >= 15 is 0 Å². The maximum atomic E-state index is 3.73. The molecule has 2 heteroatoms. The van der Waals surface area contributed by atoms with Gasteiger partial charge >= 0.3 is 18.9 Å². The molecule has 1 aliphatic heterocycles. The average molecular weight is 85.0 g/mol. The molecule has 0 aromatic rings. The third-order valence-corrected chi connectivity index (χ3v) is 0.514. The summed E-state index contributed by atoms with van der Waals surface area (Å²) >= 11 is 0. The topological polar surface area (TPSA) is 14.1 Å². The first-order valence-corrected chi connectivity index (χ1v) is 1.76. The molecule has 0 amide bonds. The van der Waals surface area contributed by atoms with Crippen LogP contribution in [0.1, 0.15) is 0 Å². The van der Waals surface area contributed by atoms with Crippen LogP contribution < -0.4 is 18.9 Å². The number of nitrogens with zero attached hydrogens (tertiary/aromatic N) is 1. The molecule has 0 spiro atoms. The monoisotopic (exact) mass is 85.1 g/mol. The molecule has 7 heavy (non-hydrogen) atoms. The molecule has 0 atom stereocenters. The second kappa shape index (κ2) is 3.83. The van der Waals surface area contributed by atoms with Gasteiger partial charge in [-0.3, -0.25) is 0 Å². The predicted molar refractivity (Wildman–Crippen MR) is 25.2 cm³/mol. The van der Waals surface area contributed by atoms with Crippen LogP contribution in [0.25, 0.3) is 5.32 Å². The van der Waals surface area contributed by atoms with E-state index in [1.54, 1.807) is 12.4 Å². The standard InChI is InChI=1S/C5H4N.Li/c1-2-4-6-5-3-1;/h1-2,4-5H;/q-1;+1. The smallest absolute Gasteiger partial charge is 0.664 e. The van der Waals surface area contributed by atoms with Gasteiger partial charge in [-0.1, -0.05) is 6.08 Å². The van der Waals surface area contributed by atoms with Crippen molar-refractivity contribution in [3.8, 4) is 0 Å². The van der Waals surface area contributed by atoms with Gasteiger partial charge in [0, 0.05) is 0 Å². The Balaban J connectivity index is 0.000000360. The molecule has 0 fully saturated rings. The van der Waals surface area contributed by atoms with Crippen molar-refractivity contribution in [1.82, 2.24) is 0 Å². The van der Waals surface area contributed by atoms with Gasteiger partial charge in [0.05, 0.1) is 0 Å². The molecule has 0 N–H and O–H groups in total. The molecule has 1 rings (SSSR count). The summed E-state index contributed by atoms with van der Waals surface area (Å²) in [6.07, 6.45) is 6.99. The number of hydrogen-bond acceptors (Lipinski definition) is 0. The average Bonchev–Trinajstić information content (AvgIpc) is 1.72. The minimum atomic E-state index is 0. The SMILES string of the molecule is C1=CC=C[N-]C=1.[Li+]. The third kappa shape index (κ3) is 2.36. The minimum Gasteiger partial charge on any atom is -0.664 e. The Morgan fingerprint density at radius 1 is 1.43 bits per heavy atom. The van der Waals surface area contributed by atoms with E-state index < -0.39 is 0 Å². The van der Waals surface area contributed by atoms with Crippen LogP contribution in [0.5, 0.6) is 0 Å². The number of allylic oxidation sites excluding steroid dienone is 2. The predicted octanol–water partition coefficient (Wildman–Crippen LogP) is -1.44. The molecule has 1 aliphatic rings. The summed E-state index contributed by atoms with van der Waals surface area (Å²) < 4.78 is 0. The van der Waals surface area contributed by atoms with E-state index in [1.807, 2.05) is 12.2 Å². The molecule has 30 valence electrons. The second-order valence-corrected chi connectivity index (χ2v) is 0.953. The fourth-order valence-electron chi connectivity index (χ4n) is 0.277. The van der Waals surface area contributed by atoms with Crippen LogP contribution in [0.15, 0.2) is 30.3 Å². The van der Waals surface area contributed by atoms with Crippen molar-refractivity contribution in [2.45, 2.75) is 0 Å². The number of rotatable bonds is 0. The summed E-state index contributed by atoms with van der Waals surface area (Å²) in [5, 5.41) is 3.73. The van der Waals surface area contributed by atoms with E-state index in [9.17, 15) is 0 Å². The fourth-order valence-corrected chi connectivity index (χ4v) is 0.277. The van der Waals surface area contributed by atoms with Crippen molar-refractivity contribution in [3.63, 3.8) is 0 Å². The van der Waals surface area contributed by atoms with Gasteiger partial charge < -0.3 is 5.32 Å². The molecular weight excluding hydrogens is 81.0 g/mol. The fraction of sp³-hybridized carbons (Fsp3) is 0. The van der Waals surface area contributed by atoms with E-state index in [0.717, 1.165) is 0 Å². The van der Waals surface area contributed by atoms with Crippen LogP contribution in [0, 0.1) is 0 Å². The number of hydrogen-bond donors (Lipinski definition) is 0. The summed E-state index contributed by atoms with van der Waals surface area (Å²) in [6, 6.07) is 0. The molecule has 0 saturated heterocycles. The van der Waals surface area contributed by atoms with Crippen LogP contribution in [0.2, 0.25) is 0 Å². The van der Waals surface area contributed by atoms with Crippen LogP contribution in [0.4, 0.5) is 0 Å². The van der Waals surface area contributed by atoms with E-state index in [4.69, 9.17) is 0 Å². The van der Waals surface area contributed by atoms with Crippen molar-refractivity contribution in [2.24, 2.45) is 0 Å². The van der Waals surface area contributed by atoms with E-state index in [2.05, 4.69) is 11.0 Å². The van der Waals surface area contributed by atoms with Gasteiger partial charge in [-0.05, 0) is 6.08 Å². The minimum absolute atomic E-state index is 0. The Labute approximate surface area is 55.0 Å². The molecule has 1 nitrogen and oxygen atoms in total. The Morgan fingerprint density at radius 3 is 2.43 bits per heavy atom. The first-order valence-electron chi connectivity index (χ1n) is 1.76. The van der Waals surface area contributed by atoms with Gasteiger partial charge in [0.25, 0.3) is 0 Å². The van der Waals surface area contributed by atoms with Gasteiger partial charge in [-0.2, -0.15) is 6.20 Å². The maximum Gasteiger partial charge on any atom is 1.00 e. The summed E-state index contributed by atoms with van der Waals surface area (Å²) in [6.45, 7) is 0. The summed E-state index contributed by atoms with van der Waals surface area (Å²) in [5.41, 5.74) is 2.78. The Bertz CT molecular complexity index is 120. The molecule has 0 aromatic heterocycles. The molecule has 0 saturated carbocycles. The molecular formula is C5H4LiN. The molecule has 0 bridgehead atoms. The van der Waals surface area contributed by atoms with Crippen LogP contribution >= 0.6 is 0 Å². The van der Waals surface area contributed by atoms with Crippen LogP contribution in [-0.4, -0.2) is 0 Å². The Kier molecular flexibility index (Phi) is 3.65. The normalized spacial score (nSPS) is 12.6. The molecule has 1 heterocycles. The molecule has 0 unspecified atom stereocenters. The third-order valence-electron chi connectivity index (χ3n) is 0.514. The van der Waals surface area contributed by atoms with Gasteiger partial charge in [0.1, 0.15) is 0 Å². The zero-order valence-corrected chi connectivity index (χ0v) is 4.26. The van der Waals surface area contributed by atoms with Gasteiger partial charge in [-0.15, -0.1) is 11.9 Å². The Hall–Kier alpha value is -0.343. The van der Waals surface area contributed by atoms with Crippen molar-refractivity contribution < 1.29 is 18.9 Å². The molecule has 0 aliphatic carbocycles. The van der Waals surface area contributed by atoms with Gasteiger partial charge in [0.2, 0.25) is 0 Å². The quantitative estimate of drug-likeness (QED) is 0.252. The van der Waals surface area contributed by atoms with Crippen molar-refractivity contribution in [2.75, 3.05) is 0 Å². The first-order chi connectivity index (χ1) is 3.00. The van der Waals surface area contributed by atoms with Crippen molar-refractivity contribution >= 4 is 0 Å². The van der Waals surface area contributed by atoms with E-state index in [0.29, 0.717) is 0 Å². The van der Waals surface area contributed by atoms with Crippen molar-refractivity contribution in [3.05, 3.63) is 35.6 Å². The summed E-state index contributed by atoms with van der Waals surface area (Å²) in [4.78, 5) is 0. The van der Waals surface area contributed by atoms with E-state index in [1.165, 1.54) is 0 Å². The van der Waals surface area contributed by atoms with Crippen LogP contribution in [-0.2, 0) is 0 Å². The summed E-state index contributed by atoms with van der Waals surface area (Å²) in [5.74, 6) is 0.